The van der Waals surface area contributed by atoms with Gasteiger partial charge in [-0.2, -0.15) is 8.42 Å². The summed E-state index contributed by atoms with van der Waals surface area (Å²) in [5.41, 5.74) is 0.00431. The molecule has 1 aromatic heterocycles. The maximum absolute atomic E-state index is 12.3. The summed E-state index contributed by atoms with van der Waals surface area (Å²) in [7, 11) is -3.80. The zero-order valence-electron chi connectivity index (χ0n) is 16.9. The molecule has 0 spiro atoms. The minimum Gasteiger partial charge on any atom is -0.444 e. The number of nitrogens with one attached hydrogen (secondary N) is 1. The van der Waals surface area contributed by atoms with Crippen molar-refractivity contribution in [2.75, 3.05) is 6.26 Å². The van der Waals surface area contributed by atoms with Gasteiger partial charge in [0.2, 0.25) is 0 Å². The van der Waals surface area contributed by atoms with E-state index in [9.17, 15) is 23.3 Å². The van der Waals surface area contributed by atoms with E-state index in [0.717, 1.165) is 12.5 Å². The zero-order chi connectivity index (χ0) is 22.0. The first-order valence-electron chi connectivity index (χ1n) is 8.94. The number of allylic oxidation sites excluding steroid dienone is 1. The largest absolute Gasteiger partial charge is 0.444 e. The Kier molecular flexibility index (Phi) is 6.63. The number of carbonyl (C=O) groups excluding carboxylic acids is 1. The molecule has 0 saturated heterocycles. The van der Waals surface area contributed by atoms with Gasteiger partial charge in [0, 0.05) is 6.20 Å². The molecular formula is C18H25N3O7S. The molecule has 1 heterocycles. The third-order valence-corrected chi connectivity index (χ3v) is 4.72. The monoisotopic (exact) mass is 427 g/mol. The van der Waals surface area contributed by atoms with Crippen LogP contribution < -0.4 is 5.32 Å². The molecule has 29 heavy (non-hydrogen) atoms. The minimum absolute atomic E-state index is 0.176. The highest BCUT2D eigenvalue weighted by atomic mass is 32.2. The number of hydrogen-bond acceptors (Lipinski definition) is 8. The SMILES string of the molecule is C[C@H]1CC(c2ccncc2[N+](=O)[O-])=C[C@@H](NC(=O)OC(C)(C)C)[C@H]1OS(C)(=O)=O. The molecule has 1 aliphatic rings. The van der Waals surface area contributed by atoms with E-state index in [1.807, 2.05) is 0 Å². The van der Waals surface area contributed by atoms with Crippen LogP contribution in [-0.2, 0) is 19.0 Å². The van der Waals surface area contributed by atoms with E-state index >= 15 is 0 Å². The van der Waals surface area contributed by atoms with Gasteiger partial charge in [0.1, 0.15) is 17.9 Å². The van der Waals surface area contributed by atoms with Crippen LogP contribution in [0.15, 0.2) is 24.5 Å². The number of ether oxygens (including phenoxy) is 1. The Morgan fingerprint density at radius 2 is 2.03 bits per heavy atom. The van der Waals surface area contributed by atoms with Crippen molar-refractivity contribution in [2.45, 2.75) is 51.9 Å². The molecule has 0 bridgehead atoms. The molecule has 11 heteroatoms. The van der Waals surface area contributed by atoms with Crippen molar-refractivity contribution >= 4 is 27.5 Å². The van der Waals surface area contributed by atoms with E-state index in [0.29, 0.717) is 17.6 Å². The lowest BCUT2D eigenvalue weighted by molar-refractivity contribution is -0.385. The third-order valence-electron chi connectivity index (χ3n) is 4.15. The average Bonchev–Trinajstić information content (AvgIpc) is 2.55. The lowest BCUT2D eigenvalue weighted by Gasteiger charge is -2.35. The Hall–Kier alpha value is -2.53. The molecule has 0 radical (unpaired) electrons. The summed E-state index contributed by atoms with van der Waals surface area (Å²) in [4.78, 5) is 26.9. The average molecular weight is 427 g/mol. The van der Waals surface area contributed by atoms with Gasteiger partial charge in [-0.05, 0) is 44.7 Å². The van der Waals surface area contributed by atoms with E-state index in [4.69, 9.17) is 8.92 Å². The second kappa shape index (κ2) is 8.46. The van der Waals surface area contributed by atoms with Gasteiger partial charge in [-0.3, -0.25) is 19.3 Å². The van der Waals surface area contributed by atoms with Crippen LogP contribution in [0.3, 0.4) is 0 Å². The fraction of sp³-hybridized carbons (Fsp3) is 0.556. The fourth-order valence-electron chi connectivity index (χ4n) is 3.12. The first-order chi connectivity index (χ1) is 13.3. The van der Waals surface area contributed by atoms with Crippen LogP contribution in [0.1, 0.15) is 39.7 Å². The highest BCUT2D eigenvalue weighted by Gasteiger charge is 2.37. The molecule has 0 saturated carbocycles. The van der Waals surface area contributed by atoms with Gasteiger partial charge in [0.05, 0.1) is 22.8 Å². The Morgan fingerprint density at radius 3 is 2.59 bits per heavy atom. The Balaban J connectivity index is 2.44. The number of pyridine rings is 1. The summed E-state index contributed by atoms with van der Waals surface area (Å²) < 4.78 is 33.9. The minimum atomic E-state index is -3.80. The van der Waals surface area contributed by atoms with Gasteiger partial charge in [-0.1, -0.05) is 13.0 Å². The van der Waals surface area contributed by atoms with Crippen LogP contribution >= 0.6 is 0 Å². The number of nitrogens with zero attached hydrogens (tertiary/aromatic N) is 2. The predicted octanol–water partition coefficient (Wildman–Crippen LogP) is 2.65. The van der Waals surface area contributed by atoms with Gasteiger partial charge in [0.25, 0.3) is 15.8 Å². The quantitative estimate of drug-likeness (QED) is 0.430. The van der Waals surface area contributed by atoms with Crippen LogP contribution in [0.25, 0.3) is 5.57 Å². The Morgan fingerprint density at radius 1 is 1.38 bits per heavy atom. The third kappa shape index (κ3) is 6.50. The molecule has 3 atom stereocenters. The van der Waals surface area contributed by atoms with Crippen molar-refractivity contribution in [3.05, 3.63) is 40.2 Å². The summed E-state index contributed by atoms with van der Waals surface area (Å²) in [6, 6.07) is 0.644. The number of hydrogen-bond donors (Lipinski definition) is 1. The topological polar surface area (TPSA) is 138 Å². The number of rotatable bonds is 5. The van der Waals surface area contributed by atoms with Crippen LogP contribution in [0, 0.1) is 16.0 Å². The van der Waals surface area contributed by atoms with Gasteiger partial charge >= 0.3 is 6.09 Å². The lowest BCUT2D eigenvalue weighted by atomic mass is 9.82. The highest BCUT2D eigenvalue weighted by Crippen LogP contribution is 2.36. The van der Waals surface area contributed by atoms with Crippen LogP contribution in [0.5, 0.6) is 0 Å². The highest BCUT2D eigenvalue weighted by molar-refractivity contribution is 7.86. The molecule has 1 aliphatic carbocycles. The van der Waals surface area contributed by atoms with Crippen molar-refractivity contribution in [3.8, 4) is 0 Å². The molecule has 0 aliphatic heterocycles. The molecule has 1 N–H and O–H groups in total. The standard InChI is InChI=1S/C18H25N3O7S/c1-11-8-12(13-6-7-19-10-15(13)21(23)24)9-14(16(11)28-29(5,25)26)20-17(22)27-18(2,3)4/h6-7,9-11,14,16H,8H2,1-5H3,(H,20,22)/t11-,14+,16-/m0/s1. The molecule has 10 nitrogen and oxygen atoms in total. The summed E-state index contributed by atoms with van der Waals surface area (Å²) in [6.07, 6.45) is 3.76. The molecule has 0 unspecified atom stereocenters. The van der Waals surface area contributed by atoms with Crippen molar-refractivity contribution in [2.24, 2.45) is 5.92 Å². The van der Waals surface area contributed by atoms with Gasteiger partial charge in [-0.15, -0.1) is 0 Å². The van der Waals surface area contributed by atoms with Crippen molar-refractivity contribution in [1.29, 1.82) is 0 Å². The van der Waals surface area contributed by atoms with Gasteiger partial charge in [0.15, 0.2) is 0 Å². The van der Waals surface area contributed by atoms with Crippen LogP contribution in [0.2, 0.25) is 0 Å². The Labute approximate surface area is 169 Å². The first kappa shape index (κ1) is 22.8. The van der Waals surface area contributed by atoms with E-state index in [1.54, 1.807) is 33.8 Å². The summed E-state index contributed by atoms with van der Waals surface area (Å²) in [5, 5.41) is 14.0. The number of carbonyl (C=O) groups is 1. The van der Waals surface area contributed by atoms with E-state index in [-0.39, 0.29) is 11.6 Å². The smallest absolute Gasteiger partial charge is 0.408 e. The van der Waals surface area contributed by atoms with Gasteiger partial charge < -0.3 is 10.1 Å². The predicted molar refractivity (Wildman–Crippen MR) is 106 cm³/mol. The maximum atomic E-state index is 12.3. The molecule has 1 aromatic rings. The van der Waals surface area contributed by atoms with Gasteiger partial charge in [-0.25, -0.2) is 4.79 Å². The fourth-order valence-corrected chi connectivity index (χ4v) is 3.84. The zero-order valence-corrected chi connectivity index (χ0v) is 17.7. The van der Waals surface area contributed by atoms with Crippen molar-refractivity contribution < 1.29 is 27.1 Å². The molecule has 0 fully saturated rings. The van der Waals surface area contributed by atoms with E-state index < -0.39 is 38.9 Å². The van der Waals surface area contributed by atoms with Crippen LogP contribution in [-0.4, -0.2) is 48.4 Å². The number of nitro groups is 1. The molecule has 160 valence electrons. The molecule has 0 aromatic carbocycles. The van der Waals surface area contributed by atoms with Crippen LogP contribution in [0.4, 0.5) is 10.5 Å². The molecule has 1 amide bonds. The van der Waals surface area contributed by atoms with Crippen molar-refractivity contribution in [3.63, 3.8) is 0 Å². The van der Waals surface area contributed by atoms with E-state index in [2.05, 4.69) is 10.3 Å². The summed E-state index contributed by atoms with van der Waals surface area (Å²) in [5.74, 6) is -0.363. The second-order valence-corrected chi connectivity index (χ2v) is 9.56. The summed E-state index contributed by atoms with van der Waals surface area (Å²) in [6.45, 7) is 6.84. The number of amides is 1. The number of aromatic nitrogens is 1. The summed E-state index contributed by atoms with van der Waals surface area (Å²) >= 11 is 0. The molecule has 2 rings (SSSR count). The maximum Gasteiger partial charge on any atom is 0.408 e. The second-order valence-electron chi connectivity index (χ2n) is 7.96. The molecular weight excluding hydrogens is 402 g/mol. The lowest BCUT2D eigenvalue weighted by Crippen LogP contribution is -2.50. The Bertz CT molecular complexity index is 922. The van der Waals surface area contributed by atoms with Crippen molar-refractivity contribution in [1.82, 2.24) is 10.3 Å². The van der Waals surface area contributed by atoms with E-state index in [1.165, 1.54) is 12.3 Å². The number of alkyl carbamates (subject to hydrolysis) is 1. The first-order valence-corrected chi connectivity index (χ1v) is 10.8. The normalized spacial score (nSPS) is 22.5.